The van der Waals surface area contributed by atoms with Crippen LogP contribution in [0, 0.1) is 0 Å². The monoisotopic (exact) mass is 301 g/mol. The summed E-state index contributed by atoms with van der Waals surface area (Å²) < 4.78 is 42.5. The van der Waals surface area contributed by atoms with Crippen LogP contribution < -0.4 is 5.32 Å². The predicted octanol–water partition coefficient (Wildman–Crippen LogP) is 2.01. The molecule has 0 spiro atoms. The molecule has 2 heterocycles. The molecular weight excluding hydrogens is 291 g/mol. The summed E-state index contributed by atoms with van der Waals surface area (Å²) in [6.45, 7) is 1.85. The summed E-state index contributed by atoms with van der Waals surface area (Å²) in [4.78, 5) is 26.1. The molecule has 6 nitrogen and oxygen atoms in total. The summed E-state index contributed by atoms with van der Waals surface area (Å²) in [5, 5.41) is 1.63. The molecule has 0 aromatic carbocycles. The molecule has 1 amide bonds. The first-order valence-electron chi connectivity index (χ1n) is 5.85. The van der Waals surface area contributed by atoms with Crippen LogP contribution in [0.3, 0.4) is 0 Å². The Morgan fingerprint density at radius 3 is 2.67 bits per heavy atom. The van der Waals surface area contributed by atoms with Crippen molar-refractivity contribution >= 4 is 23.3 Å². The maximum Gasteiger partial charge on any atom is 0.471 e. The maximum atomic E-state index is 12.1. The van der Waals surface area contributed by atoms with E-state index in [9.17, 15) is 22.8 Å². The standard InChI is InChI=1S/C12H10F3N3O3/c1-2-21-10(19)7-3-4-9-16-8(6-18(9)5-7)17-11(20)12(13,14)15/h3-6H,2H2,1H3,(H,17,20). The number of halogens is 3. The predicted molar refractivity (Wildman–Crippen MR) is 65.8 cm³/mol. The molecule has 21 heavy (non-hydrogen) atoms. The van der Waals surface area contributed by atoms with Crippen LogP contribution in [0.1, 0.15) is 17.3 Å². The molecule has 1 N–H and O–H groups in total. The Morgan fingerprint density at radius 2 is 2.05 bits per heavy atom. The molecule has 112 valence electrons. The van der Waals surface area contributed by atoms with Crippen molar-refractivity contribution in [3.63, 3.8) is 0 Å². The Kier molecular flexibility index (Phi) is 3.83. The number of ether oxygens (including phenoxy) is 1. The second-order valence-electron chi connectivity index (χ2n) is 3.98. The first-order valence-corrected chi connectivity index (χ1v) is 5.85. The van der Waals surface area contributed by atoms with Crippen LogP contribution in [0.25, 0.3) is 5.65 Å². The van der Waals surface area contributed by atoms with Gasteiger partial charge in [0.05, 0.1) is 18.4 Å². The third-order valence-electron chi connectivity index (χ3n) is 2.46. The van der Waals surface area contributed by atoms with Gasteiger partial charge in [0, 0.05) is 6.20 Å². The van der Waals surface area contributed by atoms with Crippen molar-refractivity contribution in [1.82, 2.24) is 9.38 Å². The summed E-state index contributed by atoms with van der Waals surface area (Å²) in [5.74, 6) is -2.94. The highest BCUT2D eigenvalue weighted by atomic mass is 19.4. The molecule has 0 aliphatic heterocycles. The number of pyridine rings is 1. The van der Waals surface area contributed by atoms with Crippen LogP contribution in [-0.4, -0.2) is 34.0 Å². The van der Waals surface area contributed by atoms with E-state index in [1.165, 1.54) is 28.9 Å². The van der Waals surface area contributed by atoms with E-state index in [-0.39, 0.29) is 23.6 Å². The lowest BCUT2D eigenvalue weighted by molar-refractivity contribution is -0.167. The number of esters is 1. The first-order chi connectivity index (χ1) is 9.81. The molecule has 0 aliphatic carbocycles. The van der Waals surface area contributed by atoms with E-state index < -0.39 is 18.1 Å². The van der Waals surface area contributed by atoms with Crippen LogP contribution in [0.5, 0.6) is 0 Å². The quantitative estimate of drug-likeness (QED) is 0.880. The van der Waals surface area contributed by atoms with E-state index in [0.717, 1.165) is 0 Å². The van der Waals surface area contributed by atoms with Gasteiger partial charge in [0.1, 0.15) is 5.65 Å². The van der Waals surface area contributed by atoms with Gasteiger partial charge < -0.3 is 14.5 Å². The molecule has 0 unspecified atom stereocenters. The van der Waals surface area contributed by atoms with Gasteiger partial charge in [-0.25, -0.2) is 9.78 Å². The fourth-order valence-corrected chi connectivity index (χ4v) is 1.57. The fourth-order valence-electron chi connectivity index (χ4n) is 1.57. The van der Waals surface area contributed by atoms with E-state index >= 15 is 0 Å². The molecule has 2 aromatic heterocycles. The van der Waals surface area contributed by atoms with Gasteiger partial charge in [-0.05, 0) is 19.1 Å². The lowest BCUT2D eigenvalue weighted by atomic mass is 10.3. The molecule has 0 saturated carbocycles. The zero-order valence-corrected chi connectivity index (χ0v) is 10.8. The summed E-state index contributed by atoms with van der Waals surface area (Å²) in [7, 11) is 0. The Balaban J connectivity index is 2.26. The van der Waals surface area contributed by atoms with Gasteiger partial charge in [0.25, 0.3) is 0 Å². The summed E-state index contributed by atoms with van der Waals surface area (Å²) >= 11 is 0. The van der Waals surface area contributed by atoms with Crippen LogP contribution in [0.2, 0.25) is 0 Å². The number of amides is 1. The van der Waals surface area contributed by atoms with Gasteiger partial charge in [0.15, 0.2) is 5.82 Å². The topological polar surface area (TPSA) is 72.7 Å². The molecule has 0 atom stereocenters. The van der Waals surface area contributed by atoms with Crippen molar-refractivity contribution in [2.45, 2.75) is 13.1 Å². The van der Waals surface area contributed by atoms with E-state index in [1.807, 2.05) is 0 Å². The largest absolute Gasteiger partial charge is 0.471 e. The number of carbonyl (C=O) groups is 2. The lowest BCUT2D eigenvalue weighted by Crippen LogP contribution is -2.30. The third kappa shape index (κ3) is 3.30. The van der Waals surface area contributed by atoms with Crippen LogP contribution >= 0.6 is 0 Å². The Labute approximate surface area is 116 Å². The minimum atomic E-state index is -4.99. The van der Waals surface area contributed by atoms with Gasteiger partial charge in [-0.3, -0.25) is 4.79 Å². The number of rotatable bonds is 3. The average Bonchev–Trinajstić information content (AvgIpc) is 2.78. The number of nitrogens with zero attached hydrogens (tertiary/aromatic N) is 2. The summed E-state index contributed by atoms with van der Waals surface area (Å²) in [6.07, 6.45) is -2.48. The van der Waals surface area contributed by atoms with Crippen molar-refractivity contribution < 1.29 is 27.5 Å². The highest BCUT2D eigenvalue weighted by Crippen LogP contribution is 2.18. The number of anilines is 1. The maximum absolute atomic E-state index is 12.1. The van der Waals surface area contributed by atoms with E-state index in [1.54, 1.807) is 12.2 Å². The number of hydrogen-bond donors (Lipinski definition) is 1. The van der Waals surface area contributed by atoms with Gasteiger partial charge in [-0.15, -0.1) is 0 Å². The second kappa shape index (κ2) is 5.43. The number of fused-ring (bicyclic) bond motifs is 1. The van der Waals surface area contributed by atoms with Gasteiger partial charge in [0.2, 0.25) is 0 Å². The highest BCUT2D eigenvalue weighted by Gasteiger charge is 2.39. The van der Waals surface area contributed by atoms with Crippen molar-refractivity contribution in [1.29, 1.82) is 0 Å². The molecular formula is C12H10F3N3O3. The molecule has 0 aliphatic rings. The third-order valence-corrected chi connectivity index (χ3v) is 2.46. The Bertz CT molecular complexity index is 694. The number of nitrogens with one attached hydrogen (secondary N) is 1. The van der Waals surface area contributed by atoms with Crippen molar-refractivity contribution in [3.8, 4) is 0 Å². The average molecular weight is 301 g/mol. The Morgan fingerprint density at radius 1 is 1.33 bits per heavy atom. The van der Waals surface area contributed by atoms with Gasteiger partial charge in [-0.1, -0.05) is 0 Å². The minimum absolute atomic E-state index is 0.202. The van der Waals surface area contributed by atoms with Crippen molar-refractivity contribution in [3.05, 3.63) is 30.1 Å². The van der Waals surface area contributed by atoms with E-state index in [0.29, 0.717) is 0 Å². The molecule has 0 fully saturated rings. The van der Waals surface area contributed by atoms with E-state index in [2.05, 4.69) is 4.98 Å². The normalized spacial score (nSPS) is 11.4. The molecule has 2 aromatic rings. The van der Waals surface area contributed by atoms with Crippen molar-refractivity contribution in [2.24, 2.45) is 0 Å². The van der Waals surface area contributed by atoms with Crippen LogP contribution in [0.15, 0.2) is 24.5 Å². The minimum Gasteiger partial charge on any atom is -0.462 e. The summed E-state index contributed by atoms with van der Waals surface area (Å²) in [5.41, 5.74) is 0.496. The van der Waals surface area contributed by atoms with Crippen LogP contribution in [-0.2, 0) is 9.53 Å². The SMILES string of the molecule is CCOC(=O)c1ccc2nc(NC(=O)C(F)(F)F)cn2c1. The number of aromatic nitrogens is 2. The van der Waals surface area contributed by atoms with Crippen LogP contribution in [0.4, 0.5) is 19.0 Å². The highest BCUT2D eigenvalue weighted by molar-refractivity contribution is 5.94. The van der Waals surface area contributed by atoms with Crippen molar-refractivity contribution in [2.75, 3.05) is 11.9 Å². The van der Waals surface area contributed by atoms with Gasteiger partial charge in [-0.2, -0.15) is 13.2 Å². The molecule has 2 rings (SSSR count). The fraction of sp³-hybridized carbons (Fsp3) is 0.250. The molecule has 0 radical (unpaired) electrons. The molecule has 9 heteroatoms. The van der Waals surface area contributed by atoms with Gasteiger partial charge >= 0.3 is 18.1 Å². The summed E-state index contributed by atoms with van der Waals surface area (Å²) in [6, 6.07) is 2.85. The number of hydrogen-bond acceptors (Lipinski definition) is 4. The number of imidazole rings is 1. The number of carbonyl (C=O) groups excluding carboxylic acids is 2. The molecule has 0 saturated heterocycles. The van der Waals surface area contributed by atoms with E-state index in [4.69, 9.17) is 4.74 Å². The first kappa shape index (κ1) is 14.8. The molecule has 0 bridgehead atoms. The second-order valence-corrected chi connectivity index (χ2v) is 3.98. The number of alkyl halides is 3. The lowest BCUT2D eigenvalue weighted by Gasteiger charge is -2.04. The smallest absolute Gasteiger partial charge is 0.462 e. The zero-order valence-electron chi connectivity index (χ0n) is 10.8. The Hall–Kier alpha value is -2.58. The zero-order chi connectivity index (χ0) is 15.6.